The van der Waals surface area contributed by atoms with Crippen molar-refractivity contribution in [1.29, 1.82) is 0 Å². The molecule has 3 nitrogen and oxygen atoms in total. The first-order valence-corrected chi connectivity index (χ1v) is 2.21. The van der Waals surface area contributed by atoms with Crippen LogP contribution in [-0.2, 0) is 4.74 Å². The largest absolute Gasteiger partial charge is 0.394 e. The Labute approximate surface area is 59.0 Å². The van der Waals surface area contributed by atoms with E-state index in [1.165, 1.54) is 0 Å². The summed E-state index contributed by atoms with van der Waals surface area (Å²) in [6.45, 7) is 0.696. The van der Waals surface area contributed by atoms with Crippen LogP contribution in [0.1, 0.15) is 16.2 Å². The number of hydrogen-bond acceptors (Lipinski definition) is 3. The highest BCUT2D eigenvalue weighted by atomic mass is 16.5. The van der Waals surface area contributed by atoms with Gasteiger partial charge in [0.2, 0.25) is 0 Å². The van der Waals surface area contributed by atoms with Crippen molar-refractivity contribution in [2.75, 3.05) is 26.4 Å². The van der Waals surface area contributed by atoms with Crippen LogP contribution in [0.4, 0.5) is 0 Å². The summed E-state index contributed by atoms with van der Waals surface area (Å²) < 4.78 is 24.6. The lowest BCUT2D eigenvalue weighted by Gasteiger charge is -1.94. The molecule has 0 aromatic rings. The van der Waals surface area contributed by atoms with Gasteiger partial charge in [-0.3, -0.25) is 0 Å². The van der Waals surface area contributed by atoms with Crippen LogP contribution in [0.15, 0.2) is 0 Å². The molecule has 8 heavy (non-hydrogen) atoms. The molecule has 2 N–H and O–H groups in total. The highest BCUT2D eigenvalue weighted by Crippen LogP contribution is 1.68. The Hall–Kier alpha value is -0.120. The number of rotatable bonds is 4. The Morgan fingerprint density at radius 3 is 1.88 bits per heavy atom. The molecule has 0 spiro atoms. The maximum Gasteiger partial charge on any atom is 0.0698 e. The van der Waals surface area contributed by atoms with Crippen molar-refractivity contribution in [2.45, 2.75) is 7.43 Å². The zero-order valence-electron chi connectivity index (χ0n) is 8.13. The standard InChI is InChI=1S/C4H10O3.CH4.4H2/c5-1-3-7-4-2-6;;;;;/h5-6H,1-4H2;1H4;4*1H/i;;2*1+2T;2*1+2. The van der Waals surface area contributed by atoms with Crippen molar-refractivity contribution in [1.82, 2.24) is 0 Å². The predicted octanol–water partition coefficient (Wildman–Crippen LogP) is 0.608. The molecule has 60 valence electrons. The van der Waals surface area contributed by atoms with Crippen LogP contribution in [0.25, 0.3) is 0 Å². The molecule has 3 heteroatoms. The highest BCUT2D eigenvalue weighted by molar-refractivity contribution is 4.24. The molecule has 0 saturated carbocycles. The summed E-state index contributed by atoms with van der Waals surface area (Å²) in [6, 6.07) is 0. The lowest BCUT2D eigenvalue weighted by atomic mass is 10.7. The Morgan fingerprint density at radius 1 is 1.25 bits per heavy atom. The van der Waals surface area contributed by atoms with Crippen molar-refractivity contribution in [3.05, 3.63) is 0 Å². The molecule has 0 aliphatic rings. The van der Waals surface area contributed by atoms with Gasteiger partial charge in [0, 0.05) is 8.79 Å². The van der Waals surface area contributed by atoms with Crippen molar-refractivity contribution < 1.29 is 23.7 Å². The second-order valence-electron chi connectivity index (χ2n) is 1.06. The van der Waals surface area contributed by atoms with Crippen LogP contribution in [-0.4, -0.2) is 36.6 Å². The van der Waals surface area contributed by atoms with Gasteiger partial charge in [-0.1, -0.05) is 7.43 Å². The van der Waals surface area contributed by atoms with Crippen LogP contribution in [0.3, 0.4) is 0 Å². The SMILES string of the molecule is C.OCCOCCO.[3HH].[3HH].[3H][3H].[3H][3H]. The third-order valence-electron chi connectivity index (χ3n) is 0.471. The van der Waals surface area contributed by atoms with Crippen molar-refractivity contribution in [3.63, 3.8) is 0 Å². The van der Waals surface area contributed by atoms with E-state index in [1.807, 2.05) is 0 Å². The molecule has 0 unspecified atom stereocenters. The molecule has 0 aliphatic carbocycles. The van der Waals surface area contributed by atoms with E-state index in [4.69, 9.17) is 16.2 Å². The Kier molecular flexibility index (Phi) is 7.50. The monoisotopic (exact) mass is 142 g/mol. The summed E-state index contributed by atoms with van der Waals surface area (Å²) in [6.07, 6.45) is 0. The van der Waals surface area contributed by atoms with Gasteiger partial charge >= 0.3 is 0 Å². The van der Waals surface area contributed by atoms with Gasteiger partial charge in [-0.05, 0) is 0 Å². The summed E-state index contributed by atoms with van der Waals surface area (Å²) in [5.74, 6) is 0. The van der Waals surface area contributed by atoms with Crippen LogP contribution in [0.5, 0.6) is 0 Å². The first-order valence-electron chi connectivity index (χ1n) is 4.21. The third-order valence-corrected chi connectivity index (χ3v) is 0.471. The van der Waals surface area contributed by atoms with Gasteiger partial charge in [0.15, 0.2) is 0 Å². The van der Waals surface area contributed by atoms with Crippen molar-refractivity contribution >= 4 is 0 Å². The second-order valence-corrected chi connectivity index (χ2v) is 1.06. The smallest absolute Gasteiger partial charge is 0.0698 e. The molecular formula is C5H22O3. The second kappa shape index (κ2) is 9.99. The molecule has 0 aromatic carbocycles. The van der Waals surface area contributed by atoms with Gasteiger partial charge in [0.1, 0.15) is 0 Å². The van der Waals surface area contributed by atoms with Gasteiger partial charge in [0.05, 0.1) is 26.4 Å². The Bertz CT molecular complexity index is 40.6. The fourth-order valence-corrected chi connectivity index (χ4v) is 0.231. The van der Waals surface area contributed by atoms with E-state index in [9.17, 15) is 0 Å². The van der Waals surface area contributed by atoms with Gasteiger partial charge < -0.3 is 14.9 Å². The molecule has 0 bridgehead atoms. The highest BCUT2D eigenvalue weighted by Gasteiger charge is 1.79. The van der Waals surface area contributed by atoms with E-state index in [2.05, 4.69) is 4.74 Å². The van der Waals surface area contributed by atoms with Crippen molar-refractivity contribution in [3.8, 4) is 0 Å². The van der Waals surface area contributed by atoms with Crippen LogP contribution in [0.2, 0.25) is 0 Å². The van der Waals surface area contributed by atoms with E-state index in [1.54, 1.807) is 0 Å². The fourth-order valence-electron chi connectivity index (χ4n) is 0.231. The zero-order valence-corrected chi connectivity index (χ0v) is 4.13. The number of aliphatic hydroxyl groups excluding tert-OH is 2. The van der Waals surface area contributed by atoms with E-state index in [0.717, 1.165) is 0 Å². The first kappa shape index (κ1) is 6.01. The van der Waals surface area contributed by atoms with Crippen molar-refractivity contribution in [2.24, 2.45) is 0 Å². The minimum Gasteiger partial charge on any atom is -0.394 e. The molecule has 0 atom stereocenters. The molecular weight excluding hydrogens is 108 g/mol. The first-order chi connectivity index (χ1) is 5.41. The van der Waals surface area contributed by atoms with E-state index in [0.29, 0.717) is 13.2 Å². The lowest BCUT2D eigenvalue weighted by Crippen LogP contribution is -2.03. The molecule has 0 heterocycles. The maximum atomic E-state index is 8.09. The fraction of sp³-hybridized carbons (Fsp3) is 1.00. The maximum absolute atomic E-state index is 8.09. The summed E-state index contributed by atoms with van der Waals surface area (Å²) in [5.41, 5.74) is 0. The number of hydrogen-bond donors (Lipinski definition) is 2. The molecule has 0 fully saturated rings. The number of ether oxygens (including phenoxy) is 1. The van der Waals surface area contributed by atoms with Gasteiger partial charge in [0.25, 0.3) is 0 Å². The summed E-state index contributed by atoms with van der Waals surface area (Å²) in [5, 5.41) is 16.2. The van der Waals surface area contributed by atoms with E-state index >= 15 is 0 Å². The summed E-state index contributed by atoms with van der Waals surface area (Å²) in [7, 11) is 0. The average Bonchev–Trinajstić information content (AvgIpc) is 2.13. The molecule has 0 saturated heterocycles. The van der Waals surface area contributed by atoms with Gasteiger partial charge in [-0.2, -0.15) is 0 Å². The Balaban J connectivity index is -0.0000000205. The molecule has 0 amide bonds. The van der Waals surface area contributed by atoms with E-state index < -0.39 is 0 Å². The molecule has 0 aliphatic heterocycles. The number of aliphatic hydroxyl groups is 2. The van der Waals surface area contributed by atoms with Crippen LogP contribution in [0, 0.1) is 0 Å². The van der Waals surface area contributed by atoms with Gasteiger partial charge in [-0.15, -0.1) is 0 Å². The summed E-state index contributed by atoms with van der Waals surface area (Å²) in [4.78, 5) is 0. The molecule has 0 rings (SSSR count). The normalized spacial score (nSPS) is 10.2. The minimum absolute atomic E-state index is 0. The topological polar surface area (TPSA) is 49.7 Å². The molecule has 0 radical (unpaired) electrons. The zero-order chi connectivity index (χ0) is 9.54. The van der Waals surface area contributed by atoms with E-state index in [-0.39, 0.29) is 23.5 Å². The van der Waals surface area contributed by atoms with Crippen LogP contribution >= 0.6 is 0 Å². The summed E-state index contributed by atoms with van der Waals surface area (Å²) >= 11 is 0. The van der Waals surface area contributed by atoms with Gasteiger partial charge in [-0.25, -0.2) is 0 Å². The lowest BCUT2D eigenvalue weighted by molar-refractivity contribution is 0.0650. The Morgan fingerprint density at radius 2 is 1.62 bits per heavy atom. The average molecular weight is 142 g/mol. The third kappa shape index (κ3) is 9.30. The molecule has 0 aromatic heterocycles. The van der Waals surface area contributed by atoms with Crippen LogP contribution < -0.4 is 0 Å². The minimum atomic E-state index is 0. The quantitative estimate of drug-likeness (QED) is 0.565. The predicted molar refractivity (Wildman–Crippen MR) is 40.2 cm³/mol.